The zero-order valence-corrected chi connectivity index (χ0v) is 10.9. The van der Waals surface area contributed by atoms with Gasteiger partial charge in [-0.1, -0.05) is 13.0 Å². The van der Waals surface area contributed by atoms with E-state index in [0.29, 0.717) is 12.6 Å². The van der Waals surface area contributed by atoms with E-state index in [1.807, 2.05) is 0 Å². The highest BCUT2D eigenvalue weighted by Crippen LogP contribution is 2.28. The summed E-state index contributed by atoms with van der Waals surface area (Å²) in [6.45, 7) is 4.46. The molecule has 104 valence electrons. The van der Waals surface area contributed by atoms with Gasteiger partial charge in [0.15, 0.2) is 0 Å². The van der Waals surface area contributed by atoms with Crippen LogP contribution in [0.5, 0.6) is 0 Å². The van der Waals surface area contributed by atoms with Crippen LogP contribution in [0.4, 0.5) is 15.8 Å². The van der Waals surface area contributed by atoms with Crippen LogP contribution < -0.4 is 5.32 Å². The topological polar surface area (TPSA) is 58.4 Å². The van der Waals surface area contributed by atoms with Crippen LogP contribution in [-0.2, 0) is 0 Å². The second-order valence-electron chi connectivity index (χ2n) is 4.68. The van der Waals surface area contributed by atoms with Crippen LogP contribution in [0.15, 0.2) is 18.2 Å². The van der Waals surface area contributed by atoms with Gasteiger partial charge in [0.1, 0.15) is 5.69 Å². The number of nitro groups is 1. The third kappa shape index (κ3) is 3.41. The molecule has 0 aliphatic heterocycles. The van der Waals surface area contributed by atoms with Crippen molar-refractivity contribution in [1.82, 2.24) is 4.90 Å². The van der Waals surface area contributed by atoms with E-state index >= 15 is 0 Å². The van der Waals surface area contributed by atoms with Gasteiger partial charge in [0.2, 0.25) is 5.82 Å². The van der Waals surface area contributed by atoms with Gasteiger partial charge in [-0.05, 0) is 31.5 Å². The van der Waals surface area contributed by atoms with Crippen molar-refractivity contribution in [2.45, 2.75) is 25.8 Å². The first kappa shape index (κ1) is 13.7. The SMILES string of the molecule is CCN(CCNc1cccc(F)c1[N+](=O)[O-])C1CC1. The molecule has 0 amide bonds. The maximum absolute atomic E-state index is 13.4. The fourth-order valence-electron chi connectivity index (χ4n) is 2.22. The molecule has 0 unspecified atom stereocenters. The van der Waals surface area contributed by atoms with E-state index in [9.17, 15) is 14.5 Å². The molecule has 0 aromatic heterocycles. The summed E-state index contributed by atoms with van der Waals surface area (Å²) in [5, 5.41) is 13.8. The number of rotatable bonds is 7. The fourth-order valence-corrected chi connectivity index (χ4v) is 2.22. The van der Waals surface area contributed by atoms with Gasteiger partial charge in [-0.2, -0.15) is 4.39 Å². The van der Waals surface area contributed by atoms with Gasteiger partial charge in [-0.3, -0.25) is 15.0 Å². The minimum atomic E-state index is -0.801. The minimum Gasteiger partial charge on any atom is -0.378 e. The minimum absolute atomic E-state index is 0.247. The first-order valence-electron chi connectivity index (χ1n) is 6.54. The molecule has 0 bridgehead atoms. The van der Waals surface area contributed by atoms with Gasteiger partial charge in [-0.15, -0.1) is 0 Å². The summed E-state index contributed by atoms with van der Waals surface area (Å²) >= 11 is 0. The highest BCUT2D eigenvalue weighted by Gasteiger charge is 2.27. The molecule has 19 heavy (non-hydrogen) atoms. The summed E-state index contributed by atoms with van der Waals surface area (Å²) in [6.07, 6.45) is 2.46. The molecule has 1 aliphatic rings. The predicted molar refractivity (Wildman–Crippen MR) is 71.8 cm³/mol. The number of nitrogens with zero attached hydrogens (tertiary/aromatic N) is 2. The quantitative estimate of drug-likeness (QED) is 0.609. The van der Waals surface area contributed by atoms with Gasteiger partial charge in [-0.25, -0.2) is 0 Å². The number of para-hydroxylation sites is 1. The van der Waals surface area contributed by atoms with E-state index in [4.69, 9.17) is 0 Å². The number of likely N-dealkylation sites (N-methyl/N-ethyl adjacent to an activating group) is 1. The Labute approximate surface area is 111 Å². The molecular formula is C13H18FN3O2. The molecule has 1 N–H and O–H groups in total. The van der Waals surface area contributed by atoms with Crippen molar-refractivity contribution in [2.24, 2.45) is 0 Å². The number of hydrogen-bond acceptors (Lipinski definition) is 4. The van der Waals surface area contributed by atoms with Crippen molar-refractivity contribution in [2.75, 3.05) is 25.0 Å². The Hall–Kier alpha value is -1.69. The summed E-state index contributed by atoms with van der Waals surface area (Å²) in [6, 6.07) is 4.78. The third-order valence-corrected chi connectivity index (χ3v) is 3.35. The lowest BCUT2D eigenvalue weighted by atomic mass is 10.2. The predicted octanol–water partition coefficient (Wildman–Crippen LogP) is 2.63. The molecule has 2 rings (SSSR count). The molecule has 0 atom stereocenters. The van der Waals surface area contributed by atoms with Crippen molar-refractivity contribution >= 4 is 11.4 Å². The van der Waals surface area contributed by atoms with E-state index in [1.165, 1.54) is 25.0 Å². The second kappa shape index (κ2) is 5.97. The number of hydrogen-bond donors (Lipinski definition) is 1. The maximum Gasteiger partial charge on any atom is 0.327 e. The summed E-state index contributed by atoms with van der Waals surface area (Å²) in [5.74, 6) is -0.801. The number of benzene rings is 1. The number of nitrogens with one attached hydrogen (secondary N) is 1. The first-order valence-corrected chi connectivity index (χ1v) is 6.54. The molecule has 1 aliphatic carbocycles. The van der Waals surface area contributed by atoms with Crippen LogP contribution in [-0.4, -0.2) is 35.5 Å². The van der Waals surface area contributed by atoms with Crippen molar-refractivity contribution in [3.05, 3.63) is 34.1 Å². The van der Waals surface area contributed by atoms with Gasteiger partial charge in [0.25, 0.3) is 0 Å². The smallest absolute Gasteiger partial charge is 0.327 e. The molecule has 0 spiro atoms. The van der Waals surface area contributed by atoms with Gasteiger partial charge >= 0.3 is 5.69 Å². The molecule has 1 saturated carbocycles. The number of nitro benzene ring substituents is 1. The maximum atomic E-state index is 13.4. The standard InChI is InChI=1S/C13H18FN3O2/c1-2-16(10-6-7-10)9-8-15-12-5-3-4-11(14)13(12)17(18)19/h3-5,10,15H,2,6-9H2,1H3. The van der Waals surface area contributed by atoms with Gasteiger partial charge < -0.3 is 5.32 Å². The highest BCUT2D eigenvalue weighted by atomic mass is 19.1. The lowest BCUT2D eigenvalue weighted by Crippen LogP contribution is -2.31. The summed E-state index contributed by atoms with van der Waals surface area (Å²) in [7, 11) is 0. The van der Waals surface area contributed by atoms with Gasteiger partial charge in [0.05, 0.1) is 4.92 Å². The molecule has 1 aromatic carbocycles. The molecule has 1 fully saturated rings. The van der Waals surface area contributed by atoms with Crippen LogP contribution >= 0.6 is 0 Å². The molecule has 0 radical (unpaired) electrons. The van der Waals surface area contributed by atoms with Crippen molar-refractivity contribution in [3.63, 3.8) is 0 Å². The summed E-state index contributed by atoms with van der Waals surface area (Å²) in [5.41, 5.74) is -0.228. The fraction of sp³-hybridized carbons (Fsp3) is 0.538. The number of anilines is 1. The van der Waals surface area contributed by atoms with Crippen molar-refractivity contribution < 1.29 is 9.31 Å². The van der Waals surface area contributed by atoms with Crippen LogP contribution in [0.3, 0.4) is 0 Å². The molecule has 6 heteroatoms. The molecule has 0 heterocycles. The zero-order valence-electron chi connectivity index (χ0n) is 10.9. The van der Waals surface area contributed by atoms with Crippen molar-refractivity contribution in [1.29, 1.82) is 0 Å². The van der Waals surface area contributed by atoms with Crippen LogP contribution in [0, 0.1) is 15.9 Å². The van der Waals surface area contributed by atoms with E-state index in [0.717, 1.165) is 19.2 Å². The Kier molecular flexibility index (Phi) is 4.31. The van der Waals surface area contributed by atoms with Gasteiger partial charge in [0, 0.05) is 19.1 Å². The van der Waals surface area contributed by atoms with Crippen LogP contribution in [0.25, 0.3) is 0 Å². The Morgan fingerprint density at radius 3 is 2.84 bits per heavy atom. The Bertz CT molecular complexity index is 463. The zero-order chi connectivity index (χ0) is 13.8. The van der Waals surface area contributed by atoms with E-state index in [2.05, 4.69) is 17.1 Å². The second-order valence-corrected chi connectivity index (χ2v) is 4.68. The van der Waals surface area contributed by atoms with E-state index in [-0.39, 0.29) is 5.69 Å². The Balaban J connectivity index is 1.95. The lowest BCUT2D eigenvalue weighted by Gasteiger charge is -2.20. The first-order chi connectivity index (χ1) is 9.13. The van der Waals surface area contributed by atoms with E-state index < -0.39 is 16.4 Å². The van der Waals surface area contributed by atoms with E-state index in [1.54, 1.807) is 0 Å². The summed E-state index contributed by atoms with van der Waals surface area (Å²) < 4.78 is 13.4. The molecule has 0 saturated heterocycles. The van der Waals surface area contributed by atoms with Crippen LogP contribution in [0.2, 0.25) is 0 Å². The highest BCUT2D eigenvalue weighted by molar-refractivity contribution is 5.61. The molecular weight excluding hydrogens is 249 g/mol. The van der Waals surface area contributed by atoms with Crippen molar-refractivity contribution in [3.8, 4) is 0 Å². The monoisotopic (exact) mass is 267 g/mol. The normalized spacial score (nSPS) is 14.7. The Morgan fingerprint density at radius 1 is 1.53 bits per heavy atom. The molecule has 1 aromatic rings. The average molecular weight is 267 g/mol. The number of halogens is 1. The third-order valence-electron chi connectivity index (χ3n) is 3.35. The summed E-state index contributed by atoms with van der Waals surface area (Å²) in [4.78, 5) is 12.5. The molecule has 5 nitrogen and oxygen atoms in total. The Morgan fingerprint density at radius 2 is 2.26 bits per heavy atom. The largest absolute Gasteiger partial charge is 0.378 e. The van der Waals surface area contributed by atoms with Crippen LogP contribution in [0.1, 0.15) is 19.8 Å². The lowest BCUT2D eigenvalue weighted by molar-refractivity contribution is -0.386. The average Bonchev–Trinajstić information content (AvgIpc) is 3.18.